The molecular weight excluding hydrogens is 274 g/mol. The largest absolute Gasteiger partial charge is 0.497 e. The maximum absolute atomic E-state index is 9.08. The first-order valence-electron chi connectivity index (χ1n) is 7.80. The van der Waals surface area contributed by atoms with Crippen LogP contribution in [0, 0.1) is 23.2 Å². The molecule has 1 aromatic heterocycles. The summed E-state index contributed by atoms with van der Waals surface area (Å²) in [5, 5.41) is 10.2. The van der Waals surface area contributed by atoms with Crippen molar-refractivity contribution in [1.29, 1.82) is 5.26 Å². The van der Waals surface area contributed by atoms with Crippen molar-refractivity contribution in [2.75, 3.05) is 25.1 Å². The van der Waals surface area contributed by atoms with Crippen LogP contribution in [0.3, 0.4) is 0 Å². The molecule has 0 radical (unpaired) electrons. The molecule has 4 nitrogen and oxygen atoms in total. The van der Waals surface area contributed by atoms with Gasteiger partial charge in [-0.05, 0) is 49.9 Å². The number of hydrogen-bond acceptors (Lipinski definition) is 4. The van der Waals surface area contributed by atoms with E-state index in [0.717, 1.165) is 42.6 Å². The smallest absolute Gasteiger partial charge is 0.119 e. The lowest BCUT2D eigenvalue weighted by Crippen LogP contribution is -2.35. The van der Waals surface area contributed by atoms with Crippen LogP contribution in [-0.4, -0.2) is 25.2 Å². The first-order valence-corrected chi connectivity index (χ1v) is 7.80. The average molecular weight is 295 g/mol. The van der Waals surface area contributed by atoms with Crippen molar-refractivity contribution in [2.24, 2.45) is 11.8 Å². The SMILES string of the molecule is COc1ccc2nccc(N3CCC(C(C)C#N)CC3)c2c1. The van der Waals surface area contributed by atoms with Gasteiger partial charge in [0.2, 0.25) is 0 Å². The Morgan fingerprint density at radius 2 is 2.09 bits per heavy atom. The van der Waals surface area contributed by atoms with Crippen molar-refractivity contribution in [3.63, 3.8) is 0 Å². The fourth-order valence-electron chi connectivity index (χ4n) is 3.26. The zero-order valence-corrected chi connectivity index (χ0v) is 13.1. The molecule has 0 spiro atoms. The van der Waals surface area contributed by atoms with Crippen LogP contribution < -0.4 is 9.64 Å². The van der Waals surface area contributed by atoms with Crippen molar-refractivity contribution in [3.05, 3.63) is 30.5 Å². The molecule has 114 valence electrons. The number of aromatic nitrogens is 1. The molecule has 22 heavy (non-hydrogen) atoms. The Bertz CT molecular complexity index is 699. The third-order valence-corrected chi connectivity index (χ3v) is 4.72. The number of ether oxygens (including phenoxy) is 1. The quantitative estimate of drug-likeness (QED) is 0.867. The molecule has 0 amide bonds. The lowest BCUT2D eigenvalue weighted by atomic mass is 9.86. The molecule has 3 rings (SSSR count). The van der Waals surface area contributed by atoms with Gasteiger partial charge in [0.05, 0.1) is 18.7 Å². The summed E-state index contributed by atoms with van der Waals surface area (Å²) >= 11 is 0. The number of methoxy groups -OCH3 is 1. The van der Waals surface area contributed by atoms with E-state index in [0.29, 0.717) is 5.92 Å². The molecule has 0 aliphatic carbocycles. The van der Waals surface area contributed by atoms with Crippen LogP contribution in [0.25, 0.3) is 10.9 Å². The van der Waals surface area contributed by atoms with Gasteiger partial charge < -0.3 is 9.64 Å². The number of fused-ring (bicyclic) bond motifs is 1. The van der Waals surface area contributed by atoms with Crippen LogP contribution in [-0.2, 0) is 0 Å². The van der Waals surface area contributed by atoms with Crippen LogP contribution in [0.1, 0.15) is 19.8 Å². The van der Waals surface area contributed by atoms with Gasteiger partial charge in [0.25, 0.3) is 0 Å². The number of rotatable bonds is 3. The Labute approximate surface area is 131 Å². The van der Waals surface area contributed by atoms with Gasteiger partial charge in [-0.15, -0.1) is 0 Å². The van der Waals surface area contributed by atoms with Crippen LogP contribution in [0.5, 0.6) is 5.75 Å². The van der Waals surface area contributed by atoms with E-state index in [9.17, 15) is 0 Å². The molecule has 1 saturated heterocycles. The Kier molecular flexibility index (Phi) is 4.15. The molecule has 4 heteroatoms. The molecule has 2 heterocycles. The summed E-state index contributed by atoms with van der Waals surface area (Å²) in [5.74, 6) is 1.52. The molecule has 1 aliphatic rings. The summed E-state index contributed by atoms with van der Waals surface area (Å²) in [7, 11) is 1.69. The van der Waals surface area contributed by atoms with Crippen LogP contribution in [0.4, 0.5) is 5.69 Å². The highest BCUT2D eigenvalue weighted by atomic mass is 16.5. The summed E-state index contributed by atoms with van der Waals surface area (Å²) in [6.07, 6.45) is 4.01. The molecule has 0 saturated carbocycles. The Hall–Kier alpha value is -2.28. The number of anilines is 1. The summed E-state index contributed by atoms with van der Waals surface area (Å²) in [4.78, 5) is 6.85. The van der Waals surface area contributed by atoms with Gasteiger partial charge in [0.1, 0.15) is 5.75 Å². The topological polar surface area (TPSA) is 49.1 Å². The molecule has 2 aromatic rings. The highest BCUT2D eigenvalue weighted by Gasteiger charge is 2.24. The Balaban J connectivity index is 1.87. The minimum atomic E-state index is 0.149. The maximum Gasteiger partial charge on any atom is 0.119 e. The molecule has 1 fully saturated rings. The van der Waals surface area contributed by atoms with E-state index in [1.54, 1.807) is 7.11 Å². The monoisotopic (exact) mass is 295 g/mol. The third-order valence-electron chi connectivity index (χ3n) is 4.72. The van der Waals surface area contributed by atoms with Crippen LogP contribution in [0.2, 0.25) is 0 Å². The summed E-state index contributed by atoms with van der Waals surface area (Å²) in [5.41, 5.74) is 2.21. The minimum absolute atomic E-state index is 0.149. The van der Waals surface area contributed by atoms with Crippen molar-refractivity contribution >= 4 is 16.6 Å². The predicted octanol–water partition coefficient (Wildman–Crippen LogP) is 3.62. The summed E-state index contributed by atoms with van der Waals surface area (Å²) in [6.45, 7) is 4.02. The number of nitriles is 1. The molecule has 0 N–H and O–H groups in total. The van der Waals surface area contributed by atoms with E-state index in [1.807, 2.05) is 25.3 Å². The molecule has 1 aromatic carbocycles. The second-order valence-electron chi connectivity index (χ2n) is 5.96. The van der Waals surface area contributed by atoms with Crippen LogP contribution in [0.15, 0.2) is 30.5 Å². The average Bonchev–Trinajstić information content (AvgIpc) is 2.60. The molecule has 1 aliphatic heterocycles. The van der Waals surface area contributed by atoms with Gasteiger partial charge in [-0.3, -0.25) is 4.98 Å². The lowest BCUT2D eigenvalue weighted by Gasteiger charge is -2.35. The fraction of sp³-hybridized carbons (Fsp3) is 0.444. The van der Waals surface area contributed by atoms with E-state index < -0.39 is 0 Å². The van der Waals surface area contributed by atoms with Gasteiger partial charge in [0, 0.05) is 36.3 Å². The number of nitrogens with zero attached hydrogens (tertiary/aromatic N) is 3. The van der Waals surface area contributed by atoms with E-state index in [-0.39, 0.29) is 5.92 Å². The van der Waals surface area contributed by atoms with Crippen molar-refractivity contribution in [1.82, 2.24) is 4.98 Å². The number of hydrogen-bond donors (Lipinski definition) is 0. The van der Waals surface area contributed by atoms with E-state index >= 15 is 0 Å². The van der Waals surface area contributed by atoms with Gasteiger partial charge in [-0.25, -0.2) is 0 Å². The second-order valence-corrected chi connectivity index (χ2v) is 5.96. The number of pyridine rings is 1. The first kappa shape index (κ1) is 14.6. The van der Waals surface area contributed by atoms with Gasteiger partial charge in [0.15, 0.2) is 0 Å². The predicted molar refractivity (Wildman–Crippen MR) is 88.0 cm³/mol. The van der Waals surface area contributed by atoms with Gasteiger partial charge >= 0.3 is 0 Å². The highest BCUT2D eigenvalue weighted by Crippen LogP contribution is 2.33. The maximum atomic E-state index is 9.08. The molecule has 1 unspecified atom stereocenters. The number of piperidine rings is 1. The Morgan fingerprint density at radius 3 is 2.77 bits per heavy atom. The molecule has 1 atom stereocenters. The van der Waals surface area contributed by atoms with Gasteiger partial charge in [-0.2, -0.15) is 5.26 Å². The summed E-state index contributed by atoms with van der Waals surface area (Å²) < 4.78 is 5.35. The van der Waals surface area contributed by atoms with E-state index in [1.165, 1.54) is 5.69 Å². The van der Waals surface area contributed by atoms with Gasteiger partial charge in [-0.1, -0.05) is 0 Å². The van der Waals surface area contributed by atoms with E-state index in [4.69, 9.17) is 10.00 Å². The normalized spacial score (nSPS) is 17.2. The lowest BCUT2D eigenvalue weighted by molar-refractivity contribution is 0.342. The van der Waals surface area contributed by atoms with Crippen LogP contribution >= 0.6 is 0 Å². The van der Waals surface area contributed by atoms with Crippen molar-refractivity contribution in [2.45, 2.75) is 19.8 Å². The third kappa shape index (κ3) is 2.71. The molecule has 0 bridgehead atoms. The molecular formula is C18H21N3O. The van der Waals surface area contributed by atoms with Crippen molar-refractivity contribution in [3.8, 4) is 11.8 Å². The fourth-order valence-corrected chi connectivity index (χ4v) is 3.26. The Morgan fingerprint density at radius 1 is 1.32 bits per heavy atom. The number of benzene rings is 1. The highest BCUT2D eigenvalue weighted by molar-refractivity contribution is 5.92. The summed E-state index contributed by atoms with van der Waals surface area (Å²) in [6, 6.07) is 10.5. The van der Waals surface area contributed by atoms with Crippen molar-refractivity contribution < 1.29 is 4.74 Å². The zero-order valence-electron chi connectivity index (χ0n) is 13.1. The minimum Gasteiger partial charge on any atom is -0.497 e. The standard InChI is InChI=1S/C18H21N3O/c1-13(12-19)14-6-9-21(10-7-14)18-5-8-20-17-4-3-15(22-2)11-16(17)18/h3-5,8,11,13-14H,6-7,9-10H2,1-2H3. The van der Waals surface area contributed by atoms with E-state index in [2.05, 4.69) is 28.1 Å². The first-order chi connectivity index (χ1) is 10.7. The second kappa shape index (κ2) is 6.23. The zero-order chi connectivity index (χ0) is 15.5.